The number of carboxylic acid groups (broad SMARTS) is 1. The number of carbonyl (C=O) groups is 3. The number of aliphatic hydroxyl groups excluding tert-OH is 1. The van der Waals surface area contributed by atoms with Gasteiger partial charge in [0.15, 0.2) is 0 Å². The highest BCUT2D eigenvalue weighted by atomic mass is 16.4. The van der Waals surface area contributed by atoms with Gasteiger partial charge in [0.2, 0.25) is 5.91 Å². The topological polar surface area (TPSA) is 104 Å². The fourth-order valence-corrected chi connectivity index (χ4v) is 8.71. The van der Waals surface area contributed by atoms with E-state index >= 15 is 0 Å². The van der Waals surface area contributed by atoms with Crippen molar-refractivity contribution in [2.45, 2.75) is 91.1 Å². The van der Waals surface area contributed by atoms with Crippen LogP contribution in [0.1, 0.15) is 85.0 Å². The molecule has 4 aliphatic rings. The van der Waals surface area contributed by atoms with Crippen LogP contribution in [0.15, 0.2) is 0 Å². The number of Topliss-reactive ketones (excluding diaryl/α,β-unsaturated/α-hetero) is 1. The number of carbonyl (C=O) groups excluding carboxylic acids is 2. The van der Waals surface area contributed by atoms with Crippen molar-refractivity contribution in [3.8, 4) is 0 Å². The molecule has 180 valence electrons. The maximum atomic E-state index is 13.5. The quantitative estimate of drug-likeness (QED) is 0.575. The normalized spacial score (nSPS) is 44.2. The van der Waals surface area contributed by atoms with Gasteiger partial charge in [-0.15, -0.1) is 0 Å². The van der Waals surface area contributed by atoms with E-state index in [0.29, 0.717) is 48.2 Å². The summed E-state index contributed by atoms with van der Waals surface area (Å²) < 4.78 is 0. The predicted octanol–water partition coefficient (Wildman–Crippen LogP) is 3.80. The summed E-state index contributed by atoms with van der Waals surface area (Å²) in [4.78, 5) is 36.1. The van der Waals surface area contributed by atoms with Gasteiger partial charge in [-0.25, -0.2) is 0 Å². The van der Waals surface area contributed by atoms with Gasteiger partial charge < -0.3 is 15.5 Å². The molecule has 0 saturated heterocycles. The Morgan fingerprint density at radius 2 is 1.78 bits per heavy atom. The highest BCUT2D eigenvalue weighted by Gasteiger charge is 2.62. The van der Waals surface area contributed by atoms with E-state index in [2.05, 4.69) is 26.1 Å². The number of amides is 1. The molecule has 0 bridgehead atoms. The van der Waals surface area contributed by atoms with Gasteiger partial charge in [0.1, 0.15) is 12.3 Å². The lowest BCUT2D eigenvalue weighted by Gasteiger charge is -2.60. The first kappa shape index (κ1) is 23.7. The molecule has 3 N–H and O–H groups in total. The number of carboxylic acids is 1. The first-order chi connectivity index (χ1) is 15.1. The first-order valence-corrected chi connectivity index (χ1v) is 12.8. The van der Waals surface area contributed by atoms with Crippen LogP contribution >= 0.6 is 0 Å². The van der Waals surface area contributed by atoms with E-state index in [1.165, 1.54) is 0 Å². The van der Waals surface area contributed by atoms with Crippen LogP contribution in [0.3, 0.4) is 0 Å². The molecule has 32 heavy (non-hydrogen) atoms. The smallest absolute Gasteiger partial charge is 0.322 e. The summed E-state index contributed by atoms with van der Waals surface area (Å²) in [6.45, 7) is 6.72. The van der Waals surface area contributed by atoms with E-state index in [1.807, 2.05) is 0 Å². The molecule has 0 heterocycles. The Hall–Kier alpha value is -1.43. The van der Waals surface area contributed by atoms with Crippen LogP contribution in [0.25, 0.3) is 0 Å². The van der Waals surface area contributed by atoms with Gasteiger partial charge in [0.25, 0.3) is 0 Å². The van der Waals surface area contributed by atoms with Crippen molar-refractivity contribution in [2.24, 2.45) is 46.3 Å². The van der Waals surface area contributed by atoms with E-state index in [4.69, 9.17) is 5.11 Å². The largest absolute Gasteiger partial charge is 0.480 e. The Labute approximate surface area is 191 Å². The molecule has 0 aromatic carbocycles. The maximum Gasteiger partial charge on any atom is 0.322 e. The van der Waals surface area contributed by atoms with Crippen LogP contribution in [0.5, 0.6) is 0 Å². The average Bonchev–Trinajstić information content (AvgIpc) is 3.09. The van der Waals surface area contributed by atoms with Crippen molar-refractivity contribution in [3.05, 3.63) is 0 Å². The first-order valence-electron chi connectivity index (χ1n) is 12.8. The minimum atomic E-state index is -1.02. The lowest BCUT2D eigenvalue weighted by atomic mass is 9.44. The van der Waals surface area contributed by atoms with Crippen molar-refractivity contribution in [1.29, 1.82) is 0 Å². The van der Waals surface area contributed by atoms with Crippen LogP contribution in [0.2, 0.25) is 0 Å². The minimum absolute atomic E-state index is 0.144. The summed E-state index contributed by atoms with van der Waals surface area (Å²) in [5.41, 5.74) is 0.330. The lowest BCUT2D eigenvalue weighted by molar-refractivity contribution is -0.160. The number of aliphatic hydroxyl groups is 1. The number of rotatable bonds is 6. The molecule has 0 aromatic heterocycles. The summed E-state index contributed by atoms with van der Waals surface area (Å²) in [5, 5.41) is 21.4. The molecule has 0 aliphatic heterocycles. The maximum absolute atomic E-state index is 13.5. The number of ketones is 1. The molecule has 0 radical (unpaired) electrons. The Kier molecular flexibility index (Phi) is 6.47. The molecular formula is C26H41NO5. The summed E-state index contributed by atoms with van der Waals surface area (Å²) in [6.07, 6.45) is 8.71. The second-order valence-electron chi connectivity index (χ2n) is 12.0. The van der Waals surface area contributed by atoms with Gasteiger partial charge >= 0.3 is 5.97 Å². The van der Waals surface area contributed by atoms with Crippen molar-refractivity contribution in [2.75, 3.05) is 6.54 Å². The third-order valence-corrected chi connectivity index (χ3v) is 10.5. The van der Waals surface area contributed by atoms with Gasteiger partial charge in [0.05, 0.1) is 6.10 Å². The second-order valence-corrected chi connectivity index (χ2v) is 12.0. The van der Waals surface area contributed by atoms with Gasteiger partial charge in [-0.2, -0.15) is 0 Å². The zero-order valence-corrected chi connectivity index (χ0v) is 19.9. The lowest BCUT2D eigenvalue weighted by Crippen LogP contribution is -2.57. The number of aliphatic carboxylic acids is 1. The summed E-state index contributed by atoms with van der Waals surface area (Å²) >= 11 is 0. The number of hydrogen-bond donors (Lipinski definition) is 3. The Morgan fingerprint density at radius 3 is 2.50 bits per heavy atom. The average molecular weight is 448 g/mol. The van der Waals surface area contributed by atoms with E-state index in [1.54, 1.807) is 0 Å². The zero-order chi connectivity index (χ0) is 23.3. The number of hydrogen-bond acceptors (Lipinski definition) is 4. The highest BCUT2D eigenvalue weighted by Crippen LogP contribution is 2.67. The van der Waals surface area contributed by atoms with Gasteiger partial charge in [0, 0.05) is 18.8 Å². The Morgan fingerprint density at radius 1 is 1.09 bits per heavy atom. The van der Waals surface area contributed by atoms with Gasteiger partial charge in [-0.3, -0.25) is 14.4 Å². The molecule has 6 heteroatoms. The standard InChI is InChI=1S/C26H41NO5/c1-15(4-7-22(30)27-14-23(31)32)18-5-6-19-24-20(9-11-26(18,19)3)25(2)10-8-17(28)12-16(25)13-21(24)29/h15-20,24,28H,4-14H2,1-3H3,(H,27,30)(H,31,32)/t15-,16?,17-,18-,19?,20?,24?,25+,26-/m1/s1. The molecule has 4 rings (SSSR count). The van der Waals surface area contributed by atoms with Crippen LogP contribution in [0.4, 0.5) is 0 Å². The second kappa shape index (κ2) is 8.73. The third kappa shape index (κ3) is 4.01. The molecule has 6 nitrogen and oxygen atoms in total. The summed E-state index contributed by atoms with van der Waals surface area (Å²) in [5.74, 6) is 1.52. The Balaban J connectivity index is 1.44. The van der Waals surface area contributed by atoms with Crippen molar-refractivity contribution in [1.82, 2.24) is 5.32 Å². The van der Waals surface area contributed by atoms with Gasteiger partial charge in [-0.1, -0.05) is 20.8 Å². The van der Waals surface area contributed by atoms with Crippen molar-refractivity contribution in [3.63, 3.8) is 0 Å². The van der Waals surface area contributed by atoms with Crippen LogP contribution in [0, 0.1) is 46.3 Å². The fourth-order valence-electron chi connectivity index (χ4n) is 8.71. The highest BCUT2D eigenvalue weighted by molar-refractivity contribution is 5.83. The van der Waals surface area contributed by atoms with Crippen LogP contribution < -0.4 is 5.32 Å². The molecule has 4 unspecified atom stereocenters. The monoisotopic (exact) mass is 447 g/mol. The molecule has 9 atom stereocenters. The van der Waals surface area contributed by atoms with E-state index in [0.717, 1.165) is 51.4 Å². The summed E-state index contributed by atoms with van der Waals surface area (Å²) in [7, 11) is 0. The molecule has 0 spiro atoms. The van der Waals surface area contributed by atoms with E-state index < -0.39 is 5.97 Å². The van der Waals surface area contributed by atoms with Crippen molar-refractivity contribution < 1.29 is 24.6 Å². The fraction of sp³-hybridized carbons (Fsp3) is 0.885. The van der Waals surface area contributed by atoms with E-state index in [-0.39, 0.29) is 35.3 Å². The predicted molar refractivity (Wildman–Crippen MR) is 121 cm³/mol. The molecule has 1 amide bonds. The molecule has 4 saturated carbocycles. The SMILES string of the molecule is C[C@H](CCC(=O)NCC(=O)O)[C@H]1CCC2C3C(=O)CC4C[C@H](O)CC[C@]4(C)C3CC[C@@]21C. The van der Waals surface area contributed by atoms with Crippen LogP contribution in [-0.2, 0) is 14.4 Å². The third-order valence-electron chi connectivity index (χ3n) is 10.5. The molecule has 4 aliphatic carbocycles. The number of fused-ring (bicyclic) bond motifs is 5. The van der Waals surface area contributed by atoms with Gasteiger partial charge in [-0.05, 0) is 91.8 Å². The zero-order valence-electron chi connectivity index (χ0n) is 19.9. The van der Waals surface area contributed by atoms with Crippen molar-refractivity contribution >= 4 is 17.7 Å². The number of nitrogens with one attached hydrogen (secondary N) is 1. The summed E-state index contributed by atoms with van der Waals surface area (Å²) in [6, 6.07) is 0. The molecule has 0 aromatic rings. The molecule has 4 fully saturated rings. The Bertz CT molecular complexity index is 767. The minimum Gasteiger partial charge on any atom is -0.480 e. The van der Waals surface area contributed by atoms with E-state index in [9.17, 15) is 19.5 Å². The molecular weight excluding hydrogens is 406 g/mol. The van der Waals surface area contributed by atoms with Crippen LogP contribution in [-0.4, -0.2) is 40.5 Å².